The van der Waals surface area contributed by atoms with E-state index in [1.54, 1.807) is 0 Å². The topological polar surface area (TPSA) is 66.5 Å². The van der Waals surface area contributed by atoms with Crippen molar-refractivity contribution in [3.05, 3.63) is 59.7 Å². The minimum absolute atomic E-state index is 0.354. The van der Waals surface area contributed by atoms with E-state index in [-0.39, 0.29) is 5.69 Å². The molecule has 1 unspecified atom stereocenters. The molecule has 2 aromatic carbocycles. The second kappa shape index (κ2) is 7.74. The van der Waals surface area contributed by atoms with Gasteiger partial charge in [-0.3, -0.25) is 9.10 Å². The summed E-state index contributed by atoms with van der Waals surface area (Å²) in [7, 11) is -4.16. The Bertz CT molecular complexity index is 993. The Morgan fingerprint density at radius 2 is 1.68 bits per heavy atom. The molecule has 0 saturated carbocycles. The van der Waals surface area contributed by atoms with Crippen LogP contribution < -0.4 is 9.62 Å². The predicted molar refractivity (Wildman–Crippen MR) is 93.2 cm³/mol. The summed E-state index contributed by atoms with van der Waals surface area (Å²) in [5, 5.41) is 2.03. The van der Waals surface area contributed by atoms with Gasteiger partial charge in [-0.05, 0) is 31.2 Å². The van der Waals surface area contributed by atoms with Crippen LogP contribution in [0.15, 0.2) is 42.5 Å². The zero-order chi connectivity index (χ0) is 21.3. The van der Waals surface area contributed by atoms with E-state index in [1.165, 1.54) is 6.07 Å². The molecule has 0 spiro atoms. The number of alkyl halides is 3. The molecule has 1 atom stereocenters. The van der Waals surface area contributed by atoms with Gasteiger partial charge < -0.3 is 5.32 Å². The molecule has 152 valence electrons. The summed E-state index contributed by atoms with van der Waals surface area (Å²) >= 11 is 0. The van der Waals surface area contributed by atoms with Crippen molar-refractivity contribution < 1.29 is 35.2 Å². The first-order valence-corrected chi connectivity index (χ1v) is 9.58. The number of amides is 1. The average Bonchev–Trinajstić information content (AvgIpc) is 2.56. The lowest BCUT2D eigenvalue weighted by atomic mass is 10.1. The SMILES string of the molecule is CC(C(=O)Nc1ccccc1C(F)(F)F)N(c1ccc(F)c(F)c1)S(C)(=O)=O. The third kappa shape index (κ3) is 4.77. The summed E-state index contributed by atoms with van der Waals surface area (Å²) < 4.78 is 90.5. The average molecular weight is 422 g/mol. The van der Waals surface area contributed by atoms with Crippen LogP contribution in [0.2, 0.25) is 0 Å². The standard InChI is InChI=1S/C17H15F5N2O3S/c1-10(16(25)23-15-6-4-3-5-12(15)17(20,21)22)24(28(2,26)27)11-7-8-13(18)14(19)9-11/h3-10H,1-2H3,(H,23,25). The van der Waals surface area contributed by atoms with Crippen molar-refractivity contribution in [2.75, 3.05) is 15.9 Å². The van der Waals surface area contributed by atoms with E-state index < -0.39 is 51.0 Å². The highest BCUT2D eigenvalue weighted by atomic mass is 32.2. The number of carbonyl (C=O) groups is 1. The normalized spacial score (nSPS) is 13.1. The van der Waals surface area contributed by atoms with Crippen LogP contribution in [0, 0.1) is 11.6 Å². The van der Waals surface area contributed by atoms with Gasteiger partial charge in [-0.1, -0.05) is 12.1 Å². The zero-order valence-electron chi connectivity index (χ0n) is 14.6. The maximum atomic E-state index is 13.5. The first-order chi connectivity index (χ1) is 12.8. The number of carbonyl (C=O) groups excluding carboxylic acids is 1. The summed E-state index contributed by atoms with van der Waals surface area (Å²) in [5.74, 6) is -3.67. The van der Waals surface area contributed by atoms with E-state index in [2.05, 4.69) is 0 Å². The number of rotatable bonds is 5. The molecule has 0 aliphatic heterocycles. The second-order valence-corrected chi connectivity index (χ2v) is 7.73. The van der Waals surface area contributed by atoms with E-state index in [0.717, 1.165) is 37.4 Å². The molecule has 0 radical (unpaired) electrons. The van der Waals surface area contributed by atoms with Gasteiger partial charge in [0.2, 0.25) is 15.9 Å². The summed E-state index contributed by atoms with van der Waals surface area (Å²) in [6.45, 7) is 1.11. The number of nitrogens with zero attached hydrogens (tertiary/aromatic N) is 1. The minimum Gasteiger partial charge on any atom is -0.324 e. The van der Waals surface area contributed by atoms with Crippen molar-refractivity contribution in [3.8, 4) is 0 Å². The molecule has 5 nitrogen and oxygen atoms in total. The molecule has 28 heavy (non-hydrogen) atoms. The van der Waals surface area contributed by atoms with Gasteiger partial charge in [0.1, 0.15) is 6.04 Å². The van der Waals surface area contributed by atoms with Gasteiger partial charge in [0.15, 0.2) is 11.6 Å². The number of anilines is 2. The number of hydrogen-bond acceptors (Lipinski definition) is 3. The molecule has 1 N–H and O–H groups in total. The van der Waals surface area contributed by atoms with Crippen molar-refractivity contribution >= 4 is 27.3 Å². The number of para-hydroxylation sites is 1. The smallest absolute Gasteiger partial charge is 0.324 e. The molecule has 0 saturated heterocycles. The van der Waals surface area contributed by atoms with E-state index in [4.69, 9.17) is 0 Å². The highest BCUT2D eigenvalue weighted by molar-refractivity contribution is 7.92. The summed E-state index contributed by atoms with van der Waals surface area (Å²) in [6.07, 6.45) is -4.02. The van der Waals surface area contributed by atoms with Gasteiger partial charge in [-0.2, -0.15) is 13.2 Å². The Balaban J connectivity index is 2.40. The highest BCUT2D eigenvalue weighted by Gasteiger charge is 2.35. The lowest BCUT2D eigenvalue weighted by molar-refractivity contribution is -0.137. The largest absolute Gasteiger partial charge is 0.418 e. The van der Waals surface area contributed by atoms with Gasteiger partial charge in [0.05, 0.1) is 23.2 Å². The monoisotopic (exact) mass is 422 g/mol. The first kappa shape index (κ1) is 21.6. The first-order valence-electron chi connectivity index (χ1n) is 7.74. The third-order valence-electron chi connectivity index (χ3n) is 3.74. The zero-order valence-corrected chi connectivity index (χ0v) is 15.4. The van der Waals surface area contributed by atoms with Crippen molar-refractivity contribution in [1.82, 2.24) is 0 Å². The Labute approximate surface area is 157 Å². The maximum absolute atomic E-state index is 13.5. The van der Waals surface area contributed by atoms with Crippen LogP contribution in [0.1, 0.15) is 12.5 Å². The molecule has 11 heteroatoms. The molecule has 0 fully saturated rings. The molecule has 2 aromatic rings. The fraction of sp³-hybridized carbons (Fsp3) is 0.235. The number of hydrogen-bond donors (Lipinski definition) is 1. The highest BCUT2D eigenvalue weighted by Crippen LogP contribution is 2.35. The van der Waals surface area contributed by atoms with Crippen LogP contribution in [-0.2, 0) is 21.0 Å². The van der Waals surface area contributed by atoms with Crippen molar-refractivity contribution in [3.63, 3.8) is 0 Å². The van der Waals surface area contributed by atoms with Crippen LogP contribution in [-0.4, -0.2) is 26.6 Å². The fourth-order valence-corrected chi connectivity index (χ4v) is 3.67. The van der Waals surface area contributed by atoms with Gasteiger partial charge >= 0.3 is 6.18 Å². The number of benzene rings is 2. The molecule has 0 aromatic heterocycles. The molecule has 0 aliphatic rings. The summed E-state index contributed by atoms with van der Waals surface area (Å²) in [4.78, 5) is 12.5. The Hall–Kier alpha value is -2.69. The number of halogens is 5. The summed E-state index contributed by atoms with van der Waals surface area (Å²) in [6, 6.07) is 4.79. The van der Waals surface area contributed by atoms with Crippen LogP contribution >= 0.6 is 0 Å². The van der Waals surface area contributed by atoms with Crippen molar-refractivity contribution in [2.24, 2.45) is 0 Å². The van der Waals surface area contributed by atoms with Crippen LogP contribution in [0.5, 0.6) is 0 Å². The van der Waals surface area contributed by atoms with E-state index in [9.17, 15) is 35.2 Å². The quantitative estimate of drug-likeness (QED) is 0.746. The Kier molecular flexibility index (Phi) is 5.97. The van der Waals surface area contributed by atoms with Crippen molar-refractivity contribution in [2.45, 2.75) is 19.1 Å². The maximum Gasteiger partial charge on any atom is 0.418 e. The molecular formula is C17H15F5N2O3S. The predicted octanol–water partition coefficient (Wildman–Crippen LogP) is 3.78. The molecular weight excluding hydrogens is 407 g/mol. The third-order valence-corrected chi connectivity index (χ3v) is 4.98. The second-order valence-electron chi connectivity index (χ2n) is 5.87. The van der Waals surface area contributed by atoms with Crippen LogP contribution in [0.3, 0.4) is 0 Å². The minimum atomic E-state index is -4.75. The van der Waals surface area contributed by atoms with E-state index >= 15 is 0 Å². The number of nitrogens with one attached hydrogen (secondary N) is 1. The van der Waals surface area contributed by atoms with Crippen LogP contribution in [0.4, 0.5) is 33.3 Å². The fourth-order valence-electron chi connectivity index (χ4n) is 2.51. The molecule has 1 amide bonds. The van der Waals surface area contributed by atoms with Gasteiger partial charge in [0, 0.05) is 6.07 Å². The molecule has 0 bridgehead atoms. The van der Waals surface area contributed by atoms with Crippen LogP contribution in [0.25, 0.3) is 0 Å². The Morgan fingerprint density at radius 3 is 2.21 bits per heavy atom. The summed E-state index contributed by atoms with van der Waals surface area (Å²) in [5.41, 5.74) is -2.03. The molecule has 2 rings (SSSR count). The van der Waals surface area contributed by atoms with Gasteiger partial charge in [0.25, 0.3) is 0 Å². The molecule has 0 heterocycles. The van der Waals surface area contributed by atoms with Crippen molar-refractivity contribution in [1.29, 1.82) is 0 Å². The van der Waals surface area contributed by atoms with E-state index in [1.807, 2.05) is 5.32 Å². The lowest BCUT2D eigenvalue weighted by Gasteiger charge is -2.28. The number of sulfonamides is 1. The Morgan fingerprint density at radius 1 is 1.07 bits per heavy atom. The van der Waals surface area contributed by atoms with Gasteiger partial charge in [-0.15, -0.1) is 0 Å². The molecule has 0 aliphatic carbocycles. The lowest BCUT2D eigenvalue weighted by Crippen LogP contribution is -2.45. The van der Waals surface area contributed by atoms with Gasteiger partial charge in [-0.25, -0.2) is 17.2 Å². The van der Waals surface area contributed by atoms with E-state index in [0.29, 0.717) is 16.4 Å².